The molecule has 2 atom stereocenters. The quantitative estimate of drug-likeness (QED) is 0.901. The Balaban J connectivity index is 1.85. The van der Waals surface area contributed by atoms with E-state index in [1.54, 1.807) is 0 Å². The van der Waals surface area contributed by atoms with E-state index in [0.29, 0.717) is 17.8 Å². The van der Waals surface area contributed by atoms with Crippen LogP contribution in [-0.2, 0) is 0 Å². The van der Waals surface area contributed by atoms with Crippen LogP contribution in [0.15, 0.2) is 33.3 Å². The number of hydrogen-bond acceptors (Lipinski definition) is 4. The number of benzene rings is 1. The van der Waals surface area contributed by atoms with E-state index in [4.69, 9.17) is 4.52 Å². The van der Waals surface area contributed by atoms with Crippen molar-refractivity contribution in [2.24, 2.45) is 0 Å². The van der Waals surface area contributed by atoms with Gasteiger partial charge in [0.05, 0.1) is 5.92 Å². The van der Waals surface area contributed by atoms with E-state index < -0.39 is 0 Å². The molecule has 1 N–H and O–H groups in total. The highest BCUT2D eigenvalue weighted by Crippen LogP contribution is 2.34. The van der Waals surface area contributed by atoms with Gasteiger partial charge in [-0.3, -0.25) is 0 Å². The van der Waals surface area contributed by atoms with Gasteiger partial charge in [0, 0.05) is 16.1 Å². The Morgan fingerprint density at radius 3 is 2.90 bits per heavy atom. The molecule has 3 rings (SSSR count). The second kappa shape index (κ2) is 6.71. The van der Waals surface area contributed by atoms with Crippen LogP contribution in [0.25, 0.3) is 11.4 Å². The third-order valence-electron chi connectivity index (χ3n) is 4.11. The third kappa shape index (κ3) is 3.19. The summed E-state index contributed by atoms with van der Waals surface area (Å²) in [5.41, 5.74) is 0.975. The Morgan fingerprint density at radius 1 is 1.29 bits per heavy atom. The minimum Gasteiger partial charge on any atom is -0.339 e. The summed E-state index contributed by atoms with van der Waals surface area (Å²) in [6.45, 7) is 3.12. The molecule has 0 saturated heterocycles. The first-order chi connectivity index (χ1) is 10.3. The summed E-state index contributed by atoms with van der Waals surface area (Å²) in [7, 11) is 0. The van der Waals surface area contributed by atoms with Gasteiger partial charge in [-0.25, -0.2) is 0 Å². The van der Waals surface area contributed by atoms with Crippen molar-refractivity contribution in [2.45, 2.75) is 44.6 Å². The van der Waals surface area contributed by atoms with Crippen LogP contribution >= 0.6 is 15.9 Å². The molecule has 0 amide bonds. The number of nitrogens with one attached hydrogen (secondary N) is 1. The fourth-order valence-corrected chi connectivity index (χ4v) is 3.53. The number of hydrogen-bond donors (Lipinski definition) is 1. The molecular weight excluding hydrogens is 330 g/mol. The Morgan fingerprint density at radius 2 is 2.10 bits per heavy atom. The van der Waals surface area contributed by atoms with Gasteiger partial charge < -0.3 is 9.84 Å². The average Bonchev–Trinajstić information content (AvgIpc) is 2.98. The molecule has 1 aliphatic rings. The maximum Gasteiger partial charge on any atom is 0.231 e. The third-order valence-corrected chi connectivity index (χ3v) is 4.80. The molecule has 21 heavy (non-hydrogen) atoms. The van der Waals surface area contributed by atoms with E-state index in [1.165, 1.54) is 19.3 Å². The first kappa shape index (κ1) is 14.7. The minimum absolute atomic E-state index is 0.336. The summed E-state index contributed by atoms with van der Waals surface area (Å²) in [5, 5.41) is 7.73. The van der Waals surface area contributed by atoms with Crippen LogP contribution in [0.2, 0.25) is 0 Å². The Hall–Kier alpha value is -1.20. The van der Waals surface area contributed by atoms with Crippen molar-refractivity contribution in [3.8, 4) is 11.4 Å². The van der Waals surface area contributed by atoms with Gasteiger partial charge >= 0.3 is 0 Å². The second-order valence-corrected chi connectivity index (χ2v) is 6.35. The van der Waals surface area contributed by atoms with Gasteiger partial charge in [-0.15, -0.1) is 0 Å². The predicted molar refractivity (Wildman–Crippen MR) is 86.1 cm³/mol. The molecule has 0 aliphatic heterocycles. The molecule has 2 unspecified atom stereocenters. The highest BCUT2D eigenvalue weighted by atomic mass is 79.9. The Kier molecular flexibility index (Phi) is 4.70. The maximum atomic E-state index is 5.57. The predicted octanol–water partition coefficient (Wildman–Crippen LogP) is 4.13. The lowest BCUT2D eigenvalue weighted by atomic mass is 9.84. The molecule has 0 radical (unpaired) electrons. The van der Waals surface area contributed by atoms with Crippen molar-refractivity contribution in [1.29, 1.82) is 0 Å². The largest absolute Gasteiger partial charge is 0.339 e. The topological polar surface area (TPSA) is 51.0 Å². The Bertz CT molecular complexity index is 597. The lowest BCUT2D eigenvalue weighted by Crippen LogP contribution is -2.37. The van der Waals surface area contributed by atoms with Crippen molar-refractivity contribution in [2.75, 3.05) is 6.54 Å². The highest BCUT2D eigenvalue weighted by Gasteiger charge is 2.30. The van der Waals surface area contributed by atoms with E-state index >= 15 is 0 Å². The molecule has 112 valence electrons. The summed E-state index contributed by atoms with van der Waals surface area (Å²) in [6, 6.07) is 8.42. The molecule has 0 bridgehead atoms. The number of halogens is 1. The maximum absolute atomic E-state index is 5.57. The first-order valence-corrected chi connectivity index (χ1v) is 8.40. The van der Waals surface area contributed by atoms with Crippen LogP contribution in [0.1, 0.15) is 44.4 Å². The van der Waals surface area contributed by atoms with E-state index in [-0.39, 0.29) is 0 Å². The lowest BCUT2D eigenvalue weighted by Gasteiger charge is -2.29. The molecule has 2 aromatic rings. The second-order valence-electron chi connectivity index (χ2n) is 5.49. The van der Waals surface area contributed by atoms with Crippen LogP contribution in [0.3, 0.4) is 0 Å². The molecule has 1 aliphatic carbocycles. The highest BCUT2D eigenvalue weighted by molar-refractivity contribution is 9.10. The van der Waals surface area contributed by atoms with Crippen LogP contribution in [-0.4, -0.2) is 22.7 Å². The lowest BCUT2D eigenvalue weighted by molar-refractivity contribution is 0.265. The van der Waals surface area contributed by atoms with Gasteiger partial charge in [-0.1, -0.05) is 53.0 Å². The SMILES string of the molecule is CCNC1CCCCC1c1nc(-c2ccccc2Br)no1. The Labute approximate surface area is 133 Å². The van der Waals surface area contributed by atoms with Gasteiger partial charge in [-0.2, -0.15) is 4.98 Å². The fraction of sp³-hybridized carbons (Fsp3) is 0.500. The number of likely N-dealkylation sites (N-methyl/N-ethyl adjacent to an activating group) is 1. The molecule has 5 heteroatoms. The molecule has 1 aromatic carbocycles. The number of aromatic nitrogens is 2. The van der Waals surface area contributed by atoms with Crippen molar-refractivity contribution in [3.63, 3.8) is 0 Å². The minimum atomic E-state index is 0.336. The van der Waals surface area contributed by atoms with E-state index in [9.17, 15) is 0 Å². The summed E-state index contributed by atoms with van der Waals surface area (Å²) in [5.74, 6) is 1.77. The van der Waals surface area contributed by atoms with Crippen LogP contribution < -0.4 is 5.32 Å². The summed E-state index contributed by atoms with van der Waals surface area (Å²) in [6.07, 6.45) is 4.82. The van der Waals surface area contributed by atoms with E-state index in [1.807, 2.05) is 24.3 Å². The van der Waals surface area contributed by atoms with Crippen molar-refractivity contribution < 1.29 is 4.52 Å². The zero-order valence-electron chi connectivity index (χ0n) is 12.2. The van der Waals surface area contributed by atoms with Crippen molar-refractivity contribution >= 4 is 15.9 Å². The zero-order chi connectivity index (χ0) is 14.7. The van der Waals surface area contributed by atoms with E-state index in [2.05, 4.69) is 38.3 Å². The molecule has 1 heterocycles. The summed E-state index contributed by atoms with van der Waals surface area (Å²) in [4.78, 5) is 4.65. The van der Waals surface area contributed by atoms with Gasteiger partial charge in [0.15, 0.2) is 0 Å². The molecule has 0 spiro atoms. The summed E-state index contributed by atoms with van der Waals surface area (Å²) >= 11 is 3.54. The van der Waals surface area contributed by atoms with Gasteiger partial charge in [-0.05, 0) is 31.5 Å². The molecule has 4 nitrogen and oxygen atoms in total. The molecule has 1 aromatic heterocycles. The number of nitrogens with zero attached hydrogens (tertiary/aromatic N) is 2. The standard InChI is InChI=1S/C16H20BrN3O/c1-2-18-14-10-6-4-8-12(14)16-19-15(20-21-16)11-7-3-5-9-13(11)17/h3,5,7,9,12,14,18H,2,4,6,8,10H2,1H3. The van der Waals surface area contributed by atoms with Gasteiger partial charge in [0.25, 0.3) is 0 Å². The molecule has 1 saturated carbocycles. The summed E-state index contributed by atoms with van der Waals surface area (Å²) < 4.78 is 6.56. The first-order valence-electron chi connectivity index (χ1n) is 7.61. The fourth-order valence-electron chi connectivity index (χ4n) is 3.07. The normalized spacial score (nSPS) is 22.4. The molecule has 1 fully saturated rings. The van der Waals surface area contributed by atoms with Crippen LogP contribution in [0.5, 0.6) is 0 Å². The molecular formula is C16H20BrN3O. The average molecular weight is 350 g/mol. The van der Waals surface area contributed by atoms with Crippen molar-refractivity contribution in [3.05, 3.63) is 34.6 Å². The van der Waals surface area contributed by atoms with Crippen LogP contribution in [0.4, 0.5) is 0 Å². The smallest absolute Gasteiger partial charge is 0.231 e. The van der Waals surface area contributed by atoms with E-state index in [0.717, 1.165) is 28.9 Å². The number of rotatable bonds is 4. The van der Waals surface area contributed by atoms with Gasteiger partial charge in [0.2, 0.25) is 11.7 Å². The monoisotopic (exact) mass is 349 g/mol. The van der Waals surface area contributed by atoms with Crippen LogP contribution in [0, 0.1) is 0 Å². The van der Waals surface area contributed by atoms with Crippen molar-refractivity contribution in [1.82, 2.24) is 15.5 Å². The van der Waals surface area contributed by atoms with Gasteiger partial charge in [0.1, 0.15) is 0 Å². The zero-order valence-corrected chi connectivity index (χ0v) is 13.8.